The Morgan fingerprint density at radius 1 is 0.867 bits per heavy atom. The van der Waals surface area contributed by atoms with E-state index in [0.29, 0.717) is 30.6 Å². The molecule has 4 rings (SSSR count). The van der Waals surface area contributed by atoms with Crippen molar-refractivity contribution in [1.82, 2.24) is 25.8 Å². The highest BCUT2D eigenvalue weighted by atomic mass is 16.6. The third-order valence-corrected chi connectivity index (χ3v) is 9.56. The molecule has 4 amide bonds. The molecule has 2 aliphatic rings. The van der Waals surface area contributed by atoms with Crippen molar-refractivity contribution in [3.63, 3.8) is 0 Å². The first-order chi connectivity index (χ1) is 20.9. The molecule has 1 saturated heterocycles. The maximum absolute atomic E-state index is 13.0. The molecule has 2 aromatic carbocycles. The zero-order valence-electron chi connectivity index (χ0n) is 28.0. The molecule has 2 fully saturated rings. The Kier molecular flexibility index (Phi) is 9.68. The highest BCUT2D eigenvalue weighted by Gasteiger charge is 2.54. The number of likely N-dealkylation sites (N-methyl/N-ethyl adjacent to an activating group) is 1. The molecule has 0 bridgehead atoms. The number of amides is 4. The van der Waals surface area contributed by atoms with Gasteiger partial charge in [0.15, 0.2) is 12.5 Å². The number of urea groups is 1. The van der Waals surface area contributed by atoms with Gasteiger partial charge in [-0.1, -0.05) is 75.4 Å². The zero-order valence-corrected chi connectivity index (χ0v) is 28.0. The number of nitrogens with zero attached hydrogens (tertiary/aromatic N) is 2. The topological polar surface area (TPSA) is 120 Å². The minimum atomic E-state index is -0.689. The SMILES string of the molecule is CN1C(C)(C)C(=O)N(COC(=O)NC2CC(C)(C)CC(C)(CNC(=O)NCc3ccc(C(=O)c4ccccc4)cc3)C2)C1(C)C. The smallest absolute Gasteiger partial charge is 0.409 e. The monoisotopic (exact) mass is 619 g/mol. The number of carbonyl (C=O) groups is 4. The van der Waals surface area contributed by atoms with E-state index in [0.717, 1.165) is 18.4 Å². The molecule has 45 heavy (non-hydrogen) atoms. The van der Waals surface area contributed by atoms with E-state index < -0.39 is 17.3 Å². The van der Waals surface area contributed by atoms with E-state index in [2.05, 4.69) is 36.7 Å². The van der Waals surface area contributed by atoms with Crippen molar-refractivity contribution in [1.29, 1.82) is 0 Å². The van der Waals surface area contributed by atoms with Gasteiger partial charge in [-0.15, -0.1) is 0 Å². The molecular weight excluding hydrogens is 570 g/mol. The minimum Gasteiger partial charge on any atom is -0.428 e. The Labute approximate surface area is 267 Å². The molecule has 3 N–H and O–H groups in total. The minimum absolute atomic E-state index is 0.0416. The normalized spacial score (nSPS) is 23.7. The molecule has 2 unspecified atom stereocenters. The molecule has 1 aliphatic heterocycles. The third kappa shape index (κ3) is 7.84. The zero-order chi connectivity index (χ0) is 33.2. The van der Waals surface area contributed by atoms with E-state index in [1.807, 2.05) is 70.0 Å². The van der Waals surface area contributed by atoms with Gasteiger partial charge in [0.25, 0.3) is 0 Å². The van der Waals surface area contributed by atoms with Crippen LogP contribution in [0.3, 0.4) is 0 Å². The molecule has 1 saturated carbocycles. The highest BCUT2D eigenvalue weighted by Crippen LogP contribution is 2.46. The van der Waals surface area contributed by atoms with Crippen molar-refractivity contribution in [2.75, 3.05) is 20.3 Å². The summed E-state index contributed by atoms with van der Waals surface area (Å²) in [6.07, 6.45) is 1.77. The lowest BCUT2D eigenvalue weighted by Gasteiger charge is -2.46. The molecule has 1 heterocycles. The molecule has 0 spiro atoms. The van der Waals surface area contributed by atoms with E-state index >= 15 is 0 Å². The Balaban J connectivity index is 1.26. The van der Waals surface area contributed by atoms with Crippen molar-refractivity contribution in [2.45, 2.75) is 91.5 Å². The van der Waals surface area contributed by atoms with E-state index in [4.69, 9.17) is 4.74 Å². The van der Waals surface area contributed by atoms with Crippen LogP contribution in [0.25, 0.3) is 0 Å². The summed E-state index contributed by atoms with van der Waals surface area (Å²) in [7, 11) is 1.89. The first-order valence-electron chi connectivity index (χ1n) is 15.6. The fourth-order valence-electron chi connectivity index (χ4n) is 7.07. The van der Waals surface area contributed by atoms with Gasteiger partial charge in [-0.05, 0) is 70.4 Å². The summed E-state index contributed by atoms with van der Waals surface area (Å²) in [4.78, 5) is 54.8. The molecule has 0 aromatic heterocycles. The number of hydrogen-bond donors (Lipinski definition) is 3. The second kappa shape index (κ2) is 12.8. The fraction of sp³-hybridized carbons (Fsp3) is 0.543. The average Bonchev–Trinajstić information content (AvgIpc) is 3.08. The Morgan fingerprint density at radius 3 is 2.09 bits per heavy atom. The van der Waals surface area contributed by atoms with Crippen molar-refractivity contribution in [3.8, 4) is 0 Å². The number of ketones is 1. The number of alkyl carbamates (subject to hydrolysis) is 1. The number of ether oxygens (including phenoxy) is 1. The summed E-state index contributed by atoms with van der Waals surface area (Å²) >= 11 is 0. The van der Waals surface area contributed by atoms with Gasteiger partial charge in [0.1, 0.15) is 0 Å². The van der Waals surface area contributed by atoms with E-state index in [1.54, 1.807) is 29.2 Å². The average molecular weight is 620 g/mol. The van der Waals surface area contributed by atoms with Crippen molar-refractivity contribution in [3.05, 3.63) is 71.3 Å². The summed E-state index contributed by atoms with van der Waals surface area (Å²) in [5.74, 6) is -0.131. The summed E-state index contributed by atoms with van der Waals surface area (Å²) < 4.78 is 5.56. The number of rotatable bonds is 9. The van der Waals surface area contributed by atoms with Gasteiger partial charge in [0.05, 0.1) is 11.2 Å². The van der Waals surface area contributed by atoms with Gasteiger partial charge < -0.3 is 20.7 Å². The summed E-state index contributed by atoms with van der Waals surface area (Å²) in [6.45, 7) is 14.7. The van der Waals surface area contributed by atoms with Crippen molar-refractivity contribution >= 4 is 23.8 Å². The molecule has 0 radical (unpaired) electrons. The number of nitrogens with one attached hydrogen (secondary N) is 3. The lowest BCUT2D eigenvalue weighted by atomic mass is 9.62. The van der Waals surface area contributed by atoms with E-state index in [9.17, 15) is 19.2 Å². The first kappa shape index (κ1) is 34.0. The predicted molar refractivity (Wildman–Crippen MR) is 173 cm³/mol. The second-order valence-corrected chi connectivity index (χ2v) is 14.7. The van der Waals surface area contributed by atoms with Crippen LogP contribution in [0, 0.1) is 10.8 Å². The van der Waals surface area contributed by atoms with Crippen LogP contribution >= 0.6 is 0 Å². The summed E-state index contributed by atoms with van der Waals surface area (Å²) in [5, 5.41) is 8.94. The van der Waals surface area contributed by atoms with Crippen LogP contribution in [0.2, 0.25) is 0 Å². The van der Waals surface area contributed by atoms with Crippen LogP contribution in [-0.2, 0) is 16.1 Å². The number of hydrogen-bond acceptors (Lipinski definition) is 6. The van der Waals surface area contributed by atoms with Gasteiger partial charge in [0.2, 0.25) is 5.91 Å². The van der Waals surface area contributed by atoms with E-state index in [-0.39, 0.29) is 41.3 Å². The van der Waals surface area contributed by atoms with Gasteiger partial charge in [-0.3, -0.25) is 19.4 Å². The van der Waals surface area contributed by atoms with Gasteiger partial charge >= 0.3 is 12.1 Å². The van der Waals surface area contributed by atoms with Crippen LogP contribution in [0.4, 0.5) is 9.59 Å². The molecule has 2 aromatic rings. The maximum Gasteiger partial charge on any atom is 0.409 e. The van der Waals surface area contributed by atoms with Crippen LogP contribution in [0.5, 0.6) is 0 Å². The van der Waals surface area contributed by atoms with Crippen LogP contribution in [0.15, 0.2) is 54.6 Å². The van der Waals surface area contributed by atoms with Crippen LogP contribution in [0.1, 0.15) is 89.2 Å². The molecular formula is C35H49N5O5. The number of benzene rings is 2. The quantitative estimate of drug-likeness (QED) is 0.329. The van der Waals surface area contributed by atoms with Gasteiger partial charge in [0, 0.05) is 30.3 Å². The Hall–Kier alpha value is -3.92. The van der Waals surface area contributed by atoms with E-state index in [1.165, 1.54) is 0 Å². The maximum atomic E-state index is 13.0. The van der Waals surface area contributed by atoms with Crippen molar-refractivity contribution < 1.29 is 23.9 Å². The molecule has 2 atom stereocenters. The Bertz CT molecular complexity index is 1410. The highest BCUT2D eigenvalue weighted by molar-refractivity contribution is 6.08. The first-order valence-corrected chi connectivity index (χ1v) is 15.6. The molecule has 244 valence electrons. The summed E-state index contributed by atoms with van der Waals surface area (Å²) in [5.41, 5.74) is 0.513. The lowest BCUT2D eigenvalue weighted by molar-refractivity contribution is -0.137. The molecule has 10 nitrogen and oxygen atoms in total. The molecule has 1 aliphatic carbocycles. The lowest BCUT2D eigenvalue weighted by Crippen LogP contribution is -2.52. The second-order valence-electron chi connectivity index (χ2n) is 14.7. The molecule has 10 heteroatoms. The largest absolute Gasteiger partial charge is 0.428 e. The number of carbonyl (C=O) groups excluding carboxylic acids is 4. The Morgan fingerprint density at radius 2 is 1.49 bits per heavy atom. The van der Waals surface area contributed by atoms with Crippen molar-refractivity contribution in [2.24, 2.45) is 10.8 Å². The standard InChI is InChI=1S/C35H49N5O5/c1-32(2)18-27(38-31(44)45-23-40-29(42)33(3,4)39(8)34(40,5)6)19-35(7,21-32)22-37-30(43)36-20-24-14-16-26(17-15-24)28(41)25-12-10-9-11-13-25/h9-17,27H,18-23H2,1-8H3,(H,38,44)(H2,36,37,43). The van der Waals surface area contributed by atoms with Gasteiger partial charge in [-0.25, -0.2) is 9.59 Å². The van der Waals surface area contributed by atoms with Crippen LogP contribution < -0.4 is 16.0 Å². The summed E-state index contributed by atoms with van der Waals surface area (Å²) in [6, 6.07) is 15.9. The van der Waals surface area contributed by atoms with Gasteiger partial charge in [-0.2, -0.15) is 0 Å². The third-order valence-electron chi connectivity index (χ3n) is 9.56. The van der Waals surface area contributed by atoms with Crippen LogP contribution in [-0.4, -0.2) is 71.2 Å². The predicted octanol–water partition coefficient (Wildman–Crippen LogP) is 5.27. The fourth-order valence-corrected chi connectivity index (χ4v) is 7.07.